The molecule has 0 aromatic rings. The van der Waals surface area contributed by atoms with Crippen molar-refractivity contribution in [1.82, 2.24) is 4.90 Å². The number of amides is 1. The Labute approximate surface area is 71.5 Å². The summed E-state index contributed by atoms with van der Waals surface area (Å²) in [7, 11) is 3.10. The number of carbonyl (C=O) groups excluding carboxylic acids is 3. The van der Waals surface area contributed by atoms with Crippen LogP contribution in [-0.2, 0) is 14.4 Å². The Kier molecular flexibility index (Phi) is 4.18. The van der Waals surface area contributed by atoms with Crippen LogP contribution in [-0.4, -0.2) is 36.5 Å². The Morgan fingerprint density at radius 3 is 1.92 bits per heavy atom. The molecule has 4 nitrogen and oxygen atoms in total. The van der Waals surface area contributed by atoms with Crippen molar-refractivity contribution in [2.24, 2.45) is 0 Å². The number of Topliss-reactive ketones (excluding diaryl/α,β-unsaturated/α-hetero) is 2. The van der Waals surface area contributed by atoms with Gasteiger partial charge in [-0.3, -0.25) is 14.4 Å². The molecule has 0 saturated carbocycles. The van der Waals surface area contributed by atoms with Gasteiger partial charge in [-0.05, 0) is 0 Å². The minimum atomic E-state index is -0.601. The molecule has 1 amide bonds. The van der Waals surface area contributed by atoms with Gasteiger partial charge in [-0.1, -0.05) is 6.92 Å². The predicted octanol–water partition coefficient (Wildman–Crippen LogP) is 0.0129. The van der Waals surface area contributed by atoms with Crippen LogP contribution in [0.3, 0.4) is 0 Å². The minimum Gasteiger partial charge on any atom is -0.348 e. The lowest BCUT2D eigenvalue weighted by atomic mass is 10.1. The second-order valence-electron chi connectivity index (χ2n) is 2.66. The molecule has 68 valence electrons. The zero-order valence-electron chi connectivity index (χ0n) is 7.59. The molecule has 0 aromatic heterocycles. The lowest BCUT2D eigenvalue weighted by Gasteiger charge is -2.07. The van der Waals surface area contributed by atoms with E-state index in [2.05, 4.69) is 0 Å². The standard InChI is InChI=1S/C8H13NO3/c1-4-6(10)7(11)5-8(12)9(2)3/h4-5H2,1-3H3. The summed E-state index contributed by atoms with van der Waals surface area (Å²) in [6, 6.07) is 0. The van der Waals surface area contributed by atoms with E-state index in [1.807, 2.05) is 0 Å². The highest BCUT2D eigenvalue weighted by Crippen LogP contribution is 1.93. The highest BCUT2D eigenvalue weighted by atomic mass is 16.2. The second kappa shape index (κ2) is 4.64. The molecule has 0 unspecified atom stereocenters. The first-order valence-corrected chi connectivity index (χ1v) is 3.75. The second-order valence-corrected chi connectivity index (χ2v) is 2.66. The topological polar surface area (TPSA) is 54.5 Å². The number of hydrogen-bond acceptors (Lipinski definition) is 3. The number of carbonyl (C=O) groups is 3. The fourth-order valence-electron chi connectivity index (χ4n) is 0.591. The van der Waals surface area contributed by atoms with E-state index in [4.69, 9.17) is 0 Å². The molecule has 0 aliphatic carbocycles. The molecule has 0 N–H and O–H groups in total. The van der Waals surface area contributed by atoms with E-state index in [0.717, 1.165) is 0 Å². The van der Waals surface area contributed by atoms with Crippen molar-refractivity contribution < 1.29 is 14.4 Å². The van der Waals surface area contributed by atoms with E-state index in [1.165, 1.54) is 4.90 Å². The zero-order valence-corrected chi connectivity index (χ0v) is 7.59. The summed E-state index contributed by atoms with van der Waals surface area (Å²) in [5.41, 5.74) is 0. The number of nitrogens with zero attached hydrogens (tertiary/aromatic N) is 1. The van der Waals surface area contributed by atoms with Gasteiger partial charge in [0.1, 0.15) is 0 Å². The predicted molar refractivity (Wildman–Crippen MR) is 43.6 cm³/mol. The Morgan fingerprint density at radius 1 is 1.08 bits per heavy atom. The fraction of sp³-hybridized carbons (Fsp3) is 0.625. The van der Waals surface area contributed by atoms with E-state index in [0.29, 0.717) is 0 Å². The van der Waals surface area contributed by atoms with Crippen LogP contribution in [0.2, 0.25) is 0 Å². The molecule has 0 heterocycles. The molecule has 0 saturated heterocycles. The highest BCUT2D eigenvalue weighted by Gasteiger charge is 2.16. The molecular formula is C8H13NO3. The smallest absolute Gasteiger partial charge is 0.230 e. The minimum absolute atomic E-state index is 0.166. The molecule has 0 rings (SSSR count). The van der Waals surface area contributed by atoms with Gasteiger partial charge in [0.25, 0.3) is 0 Å². The monoisotopic (exact) mass is 171 g/mol. The third-order valence-electron chi connectivity index (χ3n) is 1.44. The third-order valence-corrected chi connectivity index (χ3v) is 1.44. The molecule has 0 aliphatic heterocycles. The van der Waals surface area contributed by atoms with Crippen LogP contribution in [0.25, 0.3) is 0 Å². The summed E-state index contributed by atoms with van der Waals surface area (Å²) in [5.74, 6) is -1.41. The van der Waals surface area contributed by atoms with Gasteiger partial charge in [0.15, 0.2) is 5.78 Å². The van der Waals surface area contributed by atoms with Crippen molar-refractivity contribution >= 4 is 17.5 Å². The van der Waals surface area contributed by atoms with Crippen LogP contribution in [0.5, 0.6) is 0 Å². The number of hydrogen-bond donors (Lipinski definition) is 0. The van der Waals surface area contributed by atoms with Gasteiger partial charge in [-0.25, -0.2) is 0 Å². The van der Waals surface area contributed by atoms with Gasteiger partial charge in [0.05, 0.1) is 6.42 Å². The molecule has 0 radical (unpaired) electrons. The maximum atomic E-state index is 10.9. The third kappa shape index (κ3) is 3.27. The number of ketones is 2. The molecule has 4 heteroatoms. The van der Waals surface area contributed by atoms with Gasteiger partial charge < -0.3 is 4.90 Å². The Balaban J connectivity index is 4.02. The maximum absolute atomic E-state index is 10.9. The summed E-state index contributed by atoms with van der Waals surface area (Å²) in [4.78, 5) is 33.9. The van der Waals surface area contributed by atoms with E-state index in [1.54, 1.807) is 21.0 Å². The van der Waals surface area contributed by atoms with Crippen molar-refractivity contribution in [1.29, 1.82) is 0 Å². The van der Waals surface area contributed by atoms with Gasteiger partial charge >= 0.3 is 0 Å². The van der Waals surface area contributed by atoms with Crippen molar-refractivity contribution in [3.63, 3.8) is 0 Å². The zero-order chi connectivity index (χ0) is 9.72. The Morgan fingerprint density at radius 2 is 1.58 bits per heavy atom. The summed E-state index contributed by atoms with van der Waals surface area (Å²) in [5, 5.41) is 0. The Hall–Kier alpha value is -1.19. The average Bonchev–Trinajstić information content (AvgIpc) is 2.02. The molecule has 0 aliphatic rings. The van der Waals surface area contributed by atoms with Crippen LogP contribution in [0.4, 0.5) is 0 Å². The quantitative estimate of drug-likeness (QED) is 0.442. The van der Waals surface area contributed by atoms with Gasteiger partial charge in [0, 0.05) is 20.5 Å². The highest BCUT2D eigenvalue weighted by molar-refractivity contribution is 6.40. The van der Waals surface area contributed by atoms with Gasteiger partial charge in [0.2, 0.25) is 11.7 Å². The van der Waals surface area contributed by atoms with Crippen LogP contribution < -0.4 is 0 Å². The molecule has 0 spiro atoms. The van der Waals surface area contributed by atoms with E-state index >= 15 is 0 Å². The Bertz CT molecular complexity index is 208. The first kappa shape index (κ1) is 10.8. The van der Waals surface area contributed by atoms with E-state index in [-0.39, 0.29) is 18.7 Å². The average molecular weight is 171 g/mol. The fourth-order valence-corrected chi connectivity index (χ4v) is 0.591. The van der Waals surface area contributed by atoms with Crippen molar-refractivity contribution in [2.75, 3.05) is 14.1 Å². The molecular weight excluding hydrogens is 158 g/mol. The summed E-state index contributed by atoms with van der Waals surface area (Å²) in [6.45, 7) is 1.60. The van der Waals surface area contributed by atoms with Gasteiger partial charge in [-0.15, -0.1) is 0 Å². The summed E-state index contributed by atoms with van der Waals surface area (Å²) >= 11 is 0. The van der Waals surface area contributed by atoms with Crippen LogP contribution >= 0.6 is 0 Å². The largest absolute Gasteiger partial charge is 0.348 e. The van der Waals surface area contributed by atoms with Gasteiger partial charge in [-0.2, -0.15) is 0 Å². The summed E-state index contributed by atoms with van der Waals surface area (Å²) < 4.78 is 0. The van der Waals surface area contributed by atoms with Crippen LogP contribution in [0.15, 0.2) is 0 Å². The molecule has 0 aromatic carbocycles. The first-order chi connectivity index (χ1) is 5.49. The van der Waals surface area contributed by atoms with Crippen molar-refractivity contribution in [2.45, 2.75) is 19.8 Å². The lowest BCUT2D eigenvalue weighted by Crippen LogP contribution is -2.27. The molecule has 0 fully saturated rings. The van der Waals surface area contributed by atoms with Crippen LogP contribution in [0, 0.1) is 0 Å². The summed E-state index contributed by atoms with van der Waals surface area (Å²) in [6.07, 6.45) is -0.140. The SMILES string of the molecule is CCC(=O)C(=O)CC(=O)N(C)C. The normalized spacial score (nSPS) is 9.25. The van der Waals surface area contributed by atoms with E-state index < -0.39 is 11.6 Å². The van der Waals surface area contributed by atoms with Crippen LogP contribution in [0.1, 0.15) is 19.8 Å². The maximum Gasteiger partial charge on any atom is 0.230 e. The lowest BCUT2D eigenvalue weighted by molar-refractivity contribution is -0.141. The van der Waals surface area contributed by atoms with Crippen molar-refractivity contribution in [3.05, 3.63) is 0 Å². The first-order valence-electron chi connectivity index (χ1n) is 3.75. The molecule has 0 bridgehead atoms. The van der Waals surface area contributed by atoms with E-state index in [9.17, 15) is 14.4 Å². The number of rotatable bonds is 4. The molecule has 0 atom stereocenters. The molecule has 12 heavy (non-hydrogen) atoms. The van der Waals surface area contributed by atoms with Crippen molar-refractivity contribution in [3.8, 4) is 0 Å².